The SMILES string of the molecule is CCC1(C)OB(c2ccc3c4c(ccc3c2)-c2ccccc2C42c3ccccc3-c3ccccc32)OC1(C)C. The summed E-state index contributed by atoms with van der Waals surface area (Å²) in [5, 5.41) is 2.50. The molecule has 1 unspecified atom stereocenters. The second kappa shape index (κ2) is 7.72. The lowest BCUT2D eigenvalue weighted by Gasteiger charge is -2.35. The molecular weight excluding hydrogens is 475 g/mol. The predicted octanol–water partition coefficient (Wildman–Crippen LogP) is 7.87. The maximum atomic E-state index is 6.56. The van der Waals surface area contributed by atoms with E-state index in [0.29, 0.717) is 0 Å². The van der Waals surface area contributed by atoms with Crippen LogP contribution in [0.4, 0.5) is 0 Å². The third kappa shape index (κ3) is 2.80. The van der Waals surface area contributed by atoms with Gasteiger partial charge < -0.3 is 9.31 Å². The molecule has 3 aliphatic rings. The first-order valence-corrected chi connectivity index (χ1v) is 14.1. The topological polar surface area (TPSA) is 18.5 Å². The predicted molar refractivity (Wildman–Crippen MR) is 161 cm³/mol. The van der Waals surface area contributed by atoms with Crippen molar-refractivity contribution in [2.75, 3.05) is 0 Å². The van der Waals surface area contributed by atoms with E-state index >= 15 is 0 Å². The van der Waals surface area contributed by atoms with Gasteiger partial charge in [0.2, 0.25) is 0 Å². The van der Waals surface area contributed by atoms with E-state index in [4.69, 9.17) is 9.31 Å². The monoisotopic (exact) mass is 506 g/mol. The molecule has 0 bridgehead atoms. The third-order valence-electron chi connectivity index (χ3n) is 9.98. The van der Waals surface area contributed by atoms with Gasteiger partial charge in [0.15, 0.2) is 0 Å². The summed E-state index contributed by atoms with van der Waals surface area (Å²) in [6.07, 6.45) is 0.900. The molecule has 1 heterocycles. The van der Waals surface area contributed by atoms with Crippen LogP contribution >= 0.6 is 0 Å². The molecule has 1 saturated heterocycles. The summed E-state index contributed by atoms with van der Waals surface area (Å²) in [7, 11) is -0.373. The van der Waals surface area contributed by atoms with Crippen LogP contribution in [-0.2, 0) is 14.7 Å². The van der Waals surface area contributed by atoms with E-state index in [1.165, 1.54) is 55.3 Å². The zero-order valence-corrected chi connectivity index (χ0v) is 22.9. The Morgan fingerprint density at radius 2 is 1.18 bits per heavy atom. The molecule has 5 aromatic carbocycles. The Labute approximate surface area is 230 Å². The second-order valence-electron chi connectivity index (χ2n) is 12.0. The Kier molecular flexibility index (Phi) is 4.60. The van der Waals surface area contributed by atoms with Crippen LogP contribution in [0.5, 0.6) is 0 Å². The van der Waals surface area contributed by atoms with Crippen LogP contribution in [0.3, 0.4) is 0 Å². The molecule has 5 aromatic rings. The normalized spacial score (nSPS) is 21.2. The maximum Gasteiger partial charge on any atom is 0.494 e. The molecule has 1 fully saturated rings. The number of hydrogen-bond acceptors (Lipinski definition) is 2. The van der Waals surface area contributed by atoms with Gasteiger partial charge in [0.1, 0.15) is 0 Å². The van der Waals surface area contributed by atoms with E-state index in [-0.39, 0.29) is 23.7 Å². The maximum absolute atomic E-state index is 6.56. The Morgan fingerprint density at radius 1 is 0.615 bits per heavy atom. The Hall–Kier alpha value is -3.66. The lowest BCUT2D eigenvalue weighted by Crippen LogP contribution is -2.44. The van der Waals surface area contributed by atoms with E-state index in [0.717, 1.165) is 11.9 Å². The Balaban J connectivity index is 1.40. The quantitative estimate of drug-likeness (QED) is 0.222. The molecule has 0 radical (unpaired) electrons. The van der Waals surface area contributed by atoms with E-state index in [2.05, 4.69) is 131 Å². The van der Waals surface area contributed by atoms with Crippen LogP contribution in [0, 0.1) is 0 Å². The van der Waals surface area contributed by atoms with Crippen LogP contribution in [0.25, 0.3) is 33.0 Å². The summed E-state index contributed by atoms with van der Waals surface area (Å²) in [6.45, 7) is 8.61. The van der Waals surface area contributed by atoms with E-state index < -0.39 is 0 Å². The Morgan fingerprint density at radius 3 is 1.74 bits per heavy atom. The van der Waals surface area contributed by atoms with Gasteiger partial charge in [0.25, 0.3) is 0 Å². The average molecular weight is 506 g/mol. The molecule has 8 rings (SSSR count). The highest BCUT2D eigenvalue weighted by atomic mass is 16.7. The van der Waals surface area contributed by atoms with Crippen molar-refractivity contribution in [2.24, 2.45) is 0 Å². The van der Waals surface area contributed by atoms with Crippen molar-refractivity contribution in [2.45, 2.75) is 50.7 Å². The molecule has 3 heteroatoms. The highest BCUT2D eigenvalue weighted by molar-refractivity contribution is 6.62. The van der Waals surface area contributed by atoms with E-state index in [9.17, 15) is 0 Å². The molecule has 1 atom stereocenters. The molecule has 0 amide bonds. The van der Waals surface area contributed by atoms with Gasteiger partial charge in [-0.3, -0.25) is 0 Å². The zero-order valence-electron chi connectivity index (χ0n) is 22.9. The van der Waals surface area contributed by atoms with Gasteiger partial charge in [-0.25, -0.2) is 0 Å². The first kappa shape index (κ1) is 23.3. The minimum atomic E-state index is -0.373. The average Bonchev–Trinajstić information content (AvgIpc) is 3.53. The van der Waals surface area contributed by atoms with Crippen LogP contribution < -0.4 is 5.46 Å². The van der Waals surface area contributed by atoms with Crippen molar-refractivity contribution >= 4 is 23.4 Å². The van der Waals surface area contributed by atoms with Crippen molar-refractivity contribution in [1.29, 1.82) is 0 Å². The first-order chi connectivity index (χ1) is 18.9. The number of hydrogen-bond donors (Lipinski definition) is 0. The van der Waals surface area contributed by atoms with E-state index in [1.54, 1.807) is 0 Å². The van der Waals surface area contributed by atoms with Crippen LogP contribution in [-0.4, -0.2) is 18.3 Å². The largest absolute Gasteiger partial charge is 0.494 e. The summed E-state index contributed by atoms with van der Waals surface area (Å²) in [4.78, 5) is 0. The van der Waals surface area contributed by atoms with Crippen molar-refractivity contribution in [3.8, 4) is 22.3 Å². The molecule has 190 valence electrons. The first-order valence-electron chi connectivity index (χ1n) is 14.1. The van der Waals surface area contributed by atoms with Gasteiger partial charge >= 0.3 is 7.12 Å². The van der Waals surface area contributed by atoms with Gasteiger partial charge in [-0.15, -0.1) is 0 Å². The fraction of sp³-hybridized carbons (Fsp3) is 0.222. The highest BCUT2D eigenvalue weighted by Gasteiger charge is 2.54. The molecule has 0 N–H and O–H groups in total. The van der Waals surface area contributed by atoms with Crippen molar-refractivity contribution < 1.29 is 9.31 Å². The van der Waals surface area contributed by atoms with Crippen molar-refractivity contribution in [3.63, 3.8) is 0 Å². The summed E-state index contributed by atoms with van der Waals surface area (Å²) >= 11 is 0. The smallest absolute Gasteiger partial charge is 0.399 e. The second-order valence-corrected chi connectivity index (χ2v) is 12.0. The fourth-order valence-corrected chi connectivity index (χ4v) is 7.54. The number of benzene rings is 5. The summed E-state index contributed by atoms with van der Waals surface area (Å²) < 4.78 is 13.1. The molecule has 1 aliphatic heterocycles. The van der Waals surface area contributed by atoms with Crippen LogP contribution in [0.2, 0.25) is 0 Å². The fourth-order valence-electron chi connectivity index (χ4n) is 7.54. The van der Waals surface area contributed by atoms with Crippen LogP contribution in [0.1, 0.15) is 56.4 Å². The van der Waals surface area contributed by atoms with Crippen LogP contribution in [0.15, 0.2) is 103 Å². The van der Waals surface area contributed by atoms with Gasteiger partial charge in [-0.2, -0.15) is 0 Å². The summed E-state index contributed by atoms with van der Waals surface area (Å²) in [5.41, 5.74) is 10.9. The highest BCUT2D eigenvalue weighted by Crippen LogP contribution is 2.63. The van der Waals surface area contributed by atoms with Crippen molar-refractivity contribution in [3.05, 3.63) is 125 Å². The summed E-state index contributed by atoms with van der Waals surface area (Å²) in [5.74, 6) is 0. The minimum Gasteiger partial charge on any atom is -0.399 e. The summed E-state index contributed by atoms with van der Waals surface area (Å²) in [6, 6.07) is 38.4. The Bertz CT molecular complexity index is 1760. The van der Waals surface area contributed by atoms with Gasteiger partial charge in [-0.1, -0.05) is 110 Å². The third-order valence-corrected chi connectivity index (χ3v) is 9.98. The molecular formula is C36H31BO2. The van der Waals surface area contributed by atoms with Gasteiger partial charge in [0, 0.05) is 0 Å². The molecule has 2 nitrogen and oxygen atoms in total. The van der Waals surface area contributed by atoms with Gasteiger partial charge in [0.05, 0.1) is 16.6 Å². The number of fused-ring (bicyclic) bond motifs is 12. The standard InChI is InChI=1S/C36H31BO2/c1-5-35(4)34(2,3)38-37(39-35)24-19-21-25-23(22-24)18-20-29-28-14-8-11-17-32(28)36(33(25)29)30-15-9-6-12-26(30)27-13-7-10-16-31(27)36/h6-22H,5H2,1-4H3. The molecule has 39 heavy (non-hydrogen) atoms. The lowest BCUT2D eigenvalue weighted by molar-refractivity contribution is -0.0118. The minimum absolute atomic E-state index is 0.326. The van der Waals surface area contributed by atoms with Gasteiger partial charge in [-0.05, 0) is 87.9 Å². The van der Waals surface area contributed by atoms with E-state index in [1.807, 2.05) is 0 Å². The molecule has 1 spiro atoms. The molecule has 2 aliphatic carbocycles. The molecule has 0 saturated carbocycles. The molecule has 0 aromatic heterocycles. The van der Waals surface area contributed by atoms with Crippen molar-refractivity contribution in [1.82, 2.24) is 0 Å². The lowest BCUT2D eigenvalue weighted by atomic mass is 9.69. The number of rotatable bonds is 2. The zero-order chi connectivity index (χ0) is 26.6.